The van der Waals surface area contributed by atoms with E-state index in [0.717, 1.165) is 7.11 Å². The maximum Gasteiger partial charge on any atom is 0.317 e. The third-order valence-corrected chi connectivity index (χ3v) is 1.98. The van der Waals surface area contributed by atoms with Gasteiger partial charge in [-0.15, -0.1) is 0 Å². The first-order valence-electron chi connectivity index (χ1n) is 5.21. The van der Waals surface area contributed by atoms with Gasteiger partial charge in [0.25, 0.3) is 0 Å². The van der Waals surface area contributed by atoms with E-state index in [-0.39, 0.29) is 0 Å². The Kier molecular flexibility index (Phi) is 6.15. The lowest BCUT2D eigenvalue weighted by atomic mass is 9.97. The second-order valence-electron chi connectivity index (χ2n) is 4.59. The minimum absolute atomic E-state index is 0.450. The zero-order valence-electron chi connectivity index (χ0n) is 10.8. The van der Waals surface area contributed by atoms with Crippen molar-refractivity contribution in [2.24, 2.45) is 10.5 Å². The fourth-order valence-corrected chi connectivity index (χ4v) is 0.926. The molecule has 0 saturated carbocycles. The molecule has 0 aromatic carbocycles. The van der Waals surface area contributed by atoms with Crippen LogP contribution in [0.2, 0.25) is 0 Å². The summed E-state index contributed by atoms with van der Waals surface area (Å²) in [5, 5.41) is 12.7. The van der Waals surface area contributed by atoms with Crippen LogP contribution in [0.25, 0.3) is 10.4 Å². The molecule has 0 aliphatic rings. The van der Waals surface area contributed by atoms with Crippen molar-refractivity contribution in [1.82, 2.24) is 0 Å². The second-order valence-corrected chi connectivity index (χ2v) is 4.59. The number of aliphatic hydroxyl groups is 1. The number of esters is 2. The van der Waals surface area contributed by atoms with Gasteiger partial charge in [0, 0.05) is 4.91 Å². The number of aliphatic hydroxyl groups excluding tert-OH is 1. The van der Waals surface area contributed by atoms with Gasteiger partial charge < -0.3 is 14.6 Å². The minimum atomic E-state index is -1.44. The quantitative estimate of drug-likeness (QED) is 0.338. The van der Waals surface area contributed by atoms with Crippen molar-refractivity contribution >= 4 is 11.9 Å². The van der Waals surface area contributed by atoms with Crippen LogP contribution < -0.4 is 0 Å². The number of rotatable bonds is 5. The Morgan fingerprint density at radius 2 is 2.00 bits per heavy atom. The standard InChI is InChI=1S/C10H17N3O5/c1-10(2,3)9(16)18-5-6(14)7(12-13-11)8(15)17-4/h6-7,14H,5H2,1-4H3/t6-,7-/m0/s1. The Hall–Kier alpha value is -1.79. The highest BCUT2D eigenvalue weighted by Crippen LogP contribution is 2.15. The second kappa shape index (κ2) is 6.83. The van der Waals surface area contributed by atoms with Crippen molar-refractivity contribution in [3.63, 3.8) is 0 Å². The van der Waals surface area contributed by atoms with Gasteiger partial charge >= 0.3 is 11.9 Å². The van der Waals surface area contributed by atoms with Crippen molar-refractivity contribution in [2.75, 3.05) is 13.7 Å². The van der Waals surface area contributed by atoms with Gasteiger partial charge in [-0.2, -0.15) is 0 Å². The van der Waals surface area contributed by atoms with Crippen molar-refractivity contribution in [3.05, 3.63) is 10.4 Å². The fraction of sp³-hybridized carbons (Fsp3) is 0.800. The van der Waals surface area contributed by atoms with Crippen molar-refractivity contribution in [3.8, 4) is 0 Å². The molecule has 0 aliphatic heterocycles. The van der Waals surface area contributed by atoms with Crippen LogP contribution in [0.5, 0.6) is 0 Å². The topological polar surface area (TPSA) is 122 Å². The van der Waals surface area contributed by atoms with E-state index in [1.165, 1.54) is 0 Å². The molecule has 0 unspecified atom stereocenters. The molecule has 1 N–H and O–H groups in total. The summed E-state index contributed by atoms with van der Waals surface area (Å²) in [5.74, 6) is -1.43. The van der Waals surface area contributed by atoms with Crippen LogP contribution in [-0.2, 0) is 19.1 Å². The molecule has 0 amide bonds. The zero-order chi connectivity index (χ0) is 14.3. The van der Waals surface area contributed by atoms with Crippen LogP contribution in [0, 0.1) is 5.41 Å². The maximum absolute atomic E-state index is 11.4. The molecule has 0 bridgehead atoms. The Labute approximate surface area is 105 Å². The van der Waals surface area contributed by atoms with Gasteiger partial charge in [-0.25, -0.2) is 0 Å². The van der Waals surface area contributed by atoms with Crippen LogP contribution in [0.1, 0.15) is 20.8 Å². The number of azide groups is 1. The molecule has 0 radical (unpaired) electrons. The van der Waals surface area contributed by atoms with Crippen LogP contribution in [0.4, 0.5) is 0 Å². The highest BCUT2D eigenvalue weighted by Gasteiger charge is 2.30. The number of hydrogen-bond donors (Lipinski definition) is 1. The van der Waals surface area contributed by atoms with Gasteiger partial charge in [-0.3, -0.25) is 9.59 Å². The molecule has 18 heavy (non-hydrogen) atoms. The highest BCUT2D eigenvalue weighted by molar-refractivity contribution is 5.77. The molecule has 0 aromatic rings. The van der Waals surface area contributed by atoms with E-state index >= 15 is 0 Å². The first-order chi connectivity index (χ1) is 8.23. The Balaban J connectivity index is 4.54. The molecule has 102 valence electrons. The van der Waals surface area contributed by atoms with Gasteiger partial charge in [-0.05, 0) is 26.3 Å². The third-order valence-electron chi connectivity index (χ3n) is 1.98. The van der Waals surface area contributed by atoms with Crippen molar-refractivity contribution < 1.29 is 24.2 Å². The van der Waals surface area contributed by atoms with E-state index in [4.69, 9.17) is 10.3 Å². The number of methoxy groups -OCH3 is 1. The molecule has 0 fully saturated rings. The molecule has 2 atom stereocenters. The Morgan fingerprint density at radius 3 is 2.39 bits per heavy atom. The first-order valence-corrected chi connectivity index (χ1v) is 5.21. The molecule has 0 rings (SSSR count). The van der Waals surface area contributed by atoms with Crippen molar-refractivity contribution in [2.45, 2.75) is 32.9 Å². The lowest BCUT2D eigenvalue weighted by Gasteiger charge is -2.20. The Morgan fingerprint density at radius 1 is 1.44 bits per heavy atom. The van der Waals surface area contributed by atoms with Crippen LogP contribution in [-0.4, -0.2) is 42.9 Å². The normalized spacial score (nSPS) is 14.1. The molecule has 0 saturated heterocycles. The summed E-state index contributed by atoms with van der Waals surface area (Å²) >= 11 is 0. The fourth-order valence-electron chi connectivity index (χ4n) is 0.926. The zero-order valence-corrected chi connectivity index (χ0v) is 10.8. The van der Waals surface area contributed by atoms with E-state index in [2.05, 4.69) is 14.8 Å². The maximum atomic E-state index is 11.4. The van der Waals surface area contributed by atoms with E-state index in [9.17, 15) is 14.7 Å². The SMILES string of the molecule is COC(=O)[C@@H](N=[N+]=[N-])[C@@H](O)COC(=O)C(C)(C)C. The number of carbonyl (C=O) groups is 2. The monoisotopic (exact) mass is 259 g/mol. The smallest absolute Gasteiger partial charge is 0.317 e. The predicted octanol–water partition coefficient (Wildman–Crippen LogP) is 0.788. The van der Waals surface area contributed by atoms with E-state index in [1.54, 1.807) is 20.8 Å². The average Bonchev–Trinajstić information content (AvgIpc) is 2.30. The largest absolute Gasteiger partial charge is 0.469 e. The lowest BCUT2D eigenvalue weighted by molar-refractivity contribution is -0.159. The summed E-state index contributed by atoms with van der Waals surface area (Å²) in [4.78, 5) is 25.1. The number of carbonyl (C=O) groups excluding carboxylic acids is 2. The first kappa shape index (κ1) is 16.2. The van der Waals surface area contributed by atoms with Crippen LogP contribution in [0.15, 0.2) is 5.11 Å². The highest BCUT2D eigenvalue weighted by atomic mass is 16.5. The molecule has 0 heterocycles. The van der Waals surface area contributed by atoms with Crippen molar-refractivity contribution in [1.29, 1.82) is 0 Å². The van der Waals surface area contributed by atoms with Gasteiger partial charge in [0.1, 0.15) is 12.7 Å². The summed E-state index contributed by atoms with van der Waals surface area (Å²) in [7, 11) is 1.09. The molecule has 0 aromatic heterocycles. The average molecular weight is 259 g/mol. The summed E-state index contributed by atoms with van der Waals surface area (Å²) in [6, 6.07) is -1.44. The van der Waals surface area contributed by atoms with Crippen LogP contribution in [0.3, 0.4) is 0 Å². The molecule has 0 aliphatic carbocycles. The molecule has 8 nitrogen and oxygen atoms in total. The van der Waals surface area contributed by atoms with E-state index < -0.39 is 36.1 Å². The van der Waals surface area contributed by atoms with Crippen LogP contribution >= 0.6 is 0 Å². The number of ether oxygens (including phenoxy) is 2. The predicted molar refractivity (Wildman–Crippen MR) is 61.4 cm³/mol. The lowest BCUT2D eigenvalue weighted by Crippen LogP contribution is -2.38. The Bertz CT molecular complexity index is 357. The molecule has 8 heteroatoms. The summed E-state index contributed by atoms with van der Waals surface area (Å²) in [6.07, 6.45) is -1.44. The van der Waals surface area contributed by atoms with E-state index in [1.807, 2.05) is 0 Å². The molecular weight excluding hydrogens is 242 g/mol. The minimum Gasteiger partial charge on any atom is -0.469 e. The molecular formula is C10H17N3O5. The number of hydrogen-bond acceptors (Lipinski definition) is 6. The van der Waals surface area contributed by atoms with Gasteiger partial charge in [0.05, 0.1) is 12.5 Å². The molecule has 0 spiro atoms. The van der Waals surface area contributed by atoms with E-state index in [0.29, 0.717) is 0 Å². The number of nitrogens with zero attached hydrogens (tertiary/aromatic N) is 3. The summed E-state index contributed by atoms with van der Waals surface area (Å²) in [5.41, 5.74) is 7.55. The van der Waals surface area contributed by atoms with Gasteiger partial charge in [0.2, 0.25) is 0 Å². The third kappa shape index (κ3) is 5.03. The van der Waals surface area contributed by atoms with Gasteiger partial charge in [0.15, 0.2) is 6.04 Å². The summed E-state index contributed by atoms with van der Waals surface area (Å²) < 4.78 is 9.17. The summed E-state index contributed by atoms with van der Waals surface area (Å²) in [6.45, 7) is 4.49. The van der Waals surface area contributed by atoms with Gasteiger partial charge in [-0.1, -0.05) is 5.11 Å².